The second kappa shape index (κ2) is 15.0. The van der Waals surface area contributed by atoms with Crippen LogP contribution in [0, 0.1) is 0 Å². The molecule has 14 heteroatoms. The number of nitrogens with one attached hydrogen (secondary N) is 2. The van der Waals surface area contributed by atoms with Gasteiger partial charge >= 0.3 is 12.2 Å². The number of methoxy groups -OCH3 is 2. The van der Waals surface area contributed by atoms with Gasteiger partial charge in [0.05, 0.1) is 50.1 Å². The number of aromatic nitrogens is 4. The molecule has 282 valence electrons. The Morgan fingerprint density at radius 2 is 0.889 bits per heavy atom. The first-order valence-electron chi connectivity index (χ1n) is 19.0. The van der Waals surface area contributed by atoms with E-state index in [0.29, 0.717) is 39.0 Å². The number of carbonyl (C=O) groups is 4. The number of likely N-dealkylation sites (tertiary alicyclic amines) is 4. The quantitative estimate of drug-likeness (QED) is 0.237. The lowest BCUT2D eigenvalue weighted by Gasteiger charge is -2.30. The molecule has 8 rings (SSSR count). The number of hydrogen-bond acceptors (Lipinski definition) is 8. The highest BCUT2D eigenvalue weighted by Gasteiger charge is 2.43. The predicted octanol–water partition coefficient (Wildman–Crippen LogP) is 5.92. The zero-order valence-corrected chi connectivity index (χ0v) is 30.7. The minimum absolute atomic E-state index is 0.0388. The van der Waals surface area contributed by atoms with Gasteiger partial charge in [-0.05, 0) is 73.6 Å². The Morgan fingerprint density at radius 3 is 1.28 bits per heavy atom. The number of amides is 4. The van der Waals surface area contributed by atoms with E-state index in [1.807, 2.05) is 22.2 Å². The van der Waals surface area contributed by atoms with Gasteiger partial charge in [0, 0.05) is 26.2 Å². The third-order valence-corrected chi connectivity index (χ3v) is 11.5. The van der Waals surface area contributed by atoms with Crippen LogP contribution < -0.4 is 0 Å². The van der Waals surface area contributed by atoms with Gasteiger partial charge in [-0.25, -0.2) is 19.6 Å². The molecule has 2 aromatic heterocycles. The van der Waals surface area contributed by atoms with Crippen LogP contribution in [0.1, 0.15) is 75.1 Å². The molecular formula is C40H46N8O6. The van der Waals surface area contributed by atoms with Gasteiger partial charge in [-0.1, -0.05) is 48.5 Å². The van der Waals surface area contributed by atoms with Crippen molar-refractivity contribution in [1.29, 1.82) is 0 Å². The summed E-state index contributed by atoms with van der Waals surface area (Å²) in [5.41, 5.74) is 5.89. The molecule has 0 radical (unpaired) electrons. The summed E-state index contributed by atoms with van der Waals surface area (Å²) in [5, 5.41) is 0. The molecule has 6 heterocycles. The smallest absolute Gasteiger partial charge is 0.410 e. The van der Waals surface area contributed by atoms with Gasteiger partial charge in [-0.3, -0.25) is 19.4 Å². The molecule has 0 bridgehead atoms. The van der Waals surface area contributed by atoms with Crippen LogP contribution in [-0.4, -0.2) is 116 Å². The van der Waals surface area contributed by atoms with Gasteiger partial charge in [0.15, 0.2) is 0 Å². The van der Waals surface area contributed by atoms with Gasteiger partial charge in [0.1, 0.15) is 23.7 Å². The number of carbonyl (C=O) groups excluding carboxylic acids is 4. The van der Waals surface area contributed by atoms with Gasteiger partial charge in [-0.2, -0.15) is 0 Å². The standard InChI is InChI=1S/C40H46N8O6/c1-53-39(51)47-21-5-9-33(47)37(49)45-19-3-7-31(45)35-41-23-29(43-35)27-15-11-25(12-16-27)26-13-17-28(18-14-26)30-24-42-36(44-30)32-8-4-20-46(32)38(50)34-10-6-22-48(34)40(52)54-2/h11-18,23-24,31-34H,3-10,19-22H2,1-2H3,(H,41,43)(H,42,44). The van der Waals surface area contributed by atoms with Crippen molar-refractivity contribution in [2.45, 2.75) is 75.5 Å². The topological polar surface area (TPSA) is 157 Å². The molecule has 0 aliphatic carbocycles. The van der Waals surface area contributed by atoms with Gasteiger partial charge in [-0.15, -0.1) is 0 Å². The molecule has 4 unspecified atom stereocenters. The maximum atomic E-state index is 13.6. The summed E-state index contributed by atoms with van der Waals surface area (Å²) in [7, 11) is 2.70. The van der Waals surface area contributed by atoms with Gasteiger partial charge in [0.25, 0.3) is 0 Å². The summed E-state index contributed by atoms with van der Waals surface area (Å²) in [6.45, 7) is 2.34. The van der Waals surface area contributed by atoms with E-state index in [2.05, 4.69) is 58.5 Å². The van der Waals surface area contributed by atoms with E-state index in [9.17, 15) is 19.2 Å². The molecule has 4 aliphatic rings. The Morgan fingerprint density at radius 1 is 0.537 bits per heavy atom. The van der Waals surface area contributed by atoms with Crippen molar-refractivity contribution in [2.75, 3.05) is 40.4 Å². The fourth-order valence-corrected chi connectivity index (χ4v) is 8.72. The van der Waals surface area contributed by atoms with Gasteiger partial charge < -0.3 is 29.2 Å². The molecule has 14 nitrogen and oxygen atoms in total. The number of nitrogens with zero attached hydrogens (tertiary/aromatic N) is 6. The minimum atomic E-state index is -0.490. The molecule has 2 aromatic carbocycles. The van der Waals surface area contributed by atoms with Crippen molar-refractivity contribution in [3.05, 3.63) is 72.6 Å². The van der Waals surface area contributed by atoms with Crippen LogP contribution in [0.4, 0.5) is 9.59 Å². The van der Waals surface area contributed by atoms with Crippen molar-refractivity contribution < 1.29 is 28.7 Å². The molecule has 0 spiro atoms. The summed E-state index contributed by atoms with van der Waals surface area (Å²) in [5.74, 6) is 1.43. The molecule has 4 amide bonds. The van der Waals surface area contributed by atoms with Crippen LogP contribution in [0.25, 0.3) is 33.6 Å². The molecule has 54 heavy (non-hydrogen) atoms. The Kier molecular flexibility index (Phi) is 9.82. The fraction of sp³-hybridized carbons (Fsp3) is 0.450. The van der Waals surface area contributed by atoms with E-state index >= 15 is 0 Å². The minimum Gasteiger partial charge on any atom is -0.453 e. The fourth-order valence-electron chi connectivity index (χ4n) is 8.72. The first kappa shape index (κ1) is 35.4. The second-order valence-electron chi connectivity index (χ2n) is 14.5. The molecule has 2 N–H and O–H groups in total. The summed E-state index contributed by atoms with van der Waals surface area (Å²) in [6, 6.07) is 15.3. The lowest BCUT2D eigenvalue weighted by molar-refractivity contribution is -0.137. The number of ether oxygens (including phenoxy) is 2. The largest absolute Gasteiger partial charge is 0.453 e. The highest BCUT2D eigenvalue weighted by molar-refractivity contribution is 5.87. The summed E-state index contributed by atoms with van der Waals surface area (Å²) < 4.78 is 9.85. The number of benzene rings is 2. The third kappa shape index (κ3) is 6.58. The number of imidazole rings is 2. The van der Waals surface area contributed by atoms with Crippen LogP contribution in [0.5, 0.6) is 0 Å². The van der Waals surface area contributed by atoms with Crippen LogP contribution in [0.3, 0.4) is 0 Å². The van der Waals surface area contributed by atoms with Crippen molar-refractivity contribution in [1.82, 2.24) is 39.5 Å². The van der Waals surface area contributed by atoms with Crippen molar-refractivity contribution >= 4 is 24.0 Å². The summed E-state index contributed by atoms with van der Waals surface area (Å²) >= 11 is 0. The average Bonchev–Trinajstić information content (AvgIpc) is 4.06. The average molecular weight is 735 g/mol. The van der Waals surface area contributed by atoms with Crippen molar-refractivity contribution in [3.8, 4) is 33.6 Å². The Hall–Kier alpha value is -5.66. The van der Waals surface area contributed by atoms with Crippen LogP contribution >= 0.6 is 0 Å². The van der Waals surface area contributed by atoms with Crippen LogP contribution in [0.15, 0.2) is 60.9 Å². The molecular weight excluding hydrogens is 688 g/mol. The molecule has 4 atom stereocenters. The van der Waals surface area contributed by atoms with Gasteiger partial charge in [0.2, 0.25) is 11.8 Å². The molecule has 0 saturated carbocycles. The van der Waals surface area contributed by atoms with E-state index in [-0.39, 0.29) is 23.9 Å². The molecule has 4 saturated heterocycles. The first-order valence-corrected chi connectivity index (χ1v) is 19.0. The van der Waals surface area contributed by atoms with E-state index in [1.165, 1.54) is 14.2 Å². The monoisotopic (exact) mass is 734 g/mol. The zero-order valence-electron chi connectivity index (χ0n) is 30.7. The number of rotatable bonds is 7. The normalized spacial score (nSPS) is 22.6. The highest BCUT2D eigenvalue weighted by atomic mass is 16.5. The summed E-state index contributed by atoms with van der Waals surface area (Å²) in [6.07, 6.45) is 8.98. The van der Waals surface area contributed by atoms with E-state index in [0.717, 1.165) is 83.8 Å². The third-order valence-electron chi connectivity index (χ3n) is 11.5. The Labute approximate surface area is 313 Å². The van der Waals surface area contributed by atoms with E-state index in [4.69, 9.17) is 19.4 Å². The molecule has 4 aliphatic heterocycles. The second-order valence-corrected chi connectivity index (χ2v) is 14.5. The SMILES string of the molecule is COC(=O)N1CCCC1C(=O)N1CCCC1c1ncc(-c2ccc(-c3ccc(-c4cnc(C5CCCN5C(=O)C5CCCN5C(=O)OC)[nH]4)cc3)cc2)[nH]1. The van der Waals surface area contributed by atoms with E-state index < -0.39 is 24.3 Å². The molecule has 4 fully saturated rings. The first-order chi connectivity index (χ1) is 26.3. The Balaban J connectivity index is 0.912. The molecule has 4 aromatic rings. The highest BCUT2D eigenvalue weighted by Crippen LogP contribution is 2.36. The van der Waals surface area contributed by atoms with Crippen LogP contribution in [-0.2, 0) is 19.1 Å². The maximum absolute atomic E-state index is 13.6. The Bertz CT molecular complexity index is 1860. The number of aromatic amines is 2. The number of hydrogen-bond donors (Lipinski definition) is 2. The van der Waals surface area contributed by atoms with E-state index in [1.54, 1.807) is 9.80 Å². The number of H-pyrrole nitrogens is 2. The van der Waals surface area contributed by atoms with Crippen LogP contribution in [0.2, 0.25) is 0 Å². The van der Waals surface area contributed by atoms with Crippen molar-refractivity contribution in [3.63, 3.8) is 0 Å². The summed E-state index contributed by atoms with van der Waals surface area (Å²) in [4.78, 5) is 74.8. The zero-order chi connectivity index (χ0) is 37.3. The van der Waals surface area contributed by atoms with Crippen molar-refractivity contribution in [2.24, 2.45) is 0 Å². The lowest BCUT2D eigenvalue weighted by atomic mass is 10.0. The lowest BCUT2D eigenvalue weighted by Crippen LogP contribution is -2.47. The maximum Gasteiger partial charge on any atom is 0.410 e. The predicted molar refractivity (Wildman–Crippen MR) is 199 cm³/mol.